The van der Waals surface area contributed by atoms with E-state index in [-0.39, 0.29) is 0 Å². The second-order valence-electron chi connectivity index (χ2n) is 4.22. The fourth-order valence-electron chi connectivity index (χ4n) is 1.34. The average molecular weight is 310 g/mol. The van der Waals surface area contributed by atoms with E-state index in [1.54, 1.807) is 24.3 Å². The van der Waals surface area contributed by atoms with Crippen LogP contribution in [0.4, 0.5) is 0 Å². The molecule has 2 atom stereocenters. The lowest BCUT2D eigenvalue weighted by molar-refractivity contribution is 0.683. The van der Waals surface area contributed by atoms with Crippen molar-refractivity contribution in [2.75, 3.05) is 0 Å². The summed E-state index contributed by atoms with van der Waals surface area (Å²) in [6.07, 6.45) is 0. The van der Waals surface area contributed by atoms with E-state index in [9.17, 15) is 8.42 Å². The summed E-state index contributed by atoms with van der Waals surface area (Å²) in [5.74, 6) is 0. The Morgan fingerprint density at radius 1 is 0.650 bits per heavy atom. The summed E-state index contributed by atoms with van der Waals surface area (Å²) in [5, 5.41) is 10.3. The van der Waals surface area contributed by atoms with Crippen LogP contribution in [0.5, 0.6) is 0 Å². The zero-order valence-corrected chi connectivity index (χ0v) is 13.0. The smallest absolute Gasteiger partial charge is 0.122 e. The van der Waals surface area contributed by atoms with Crippen molar-refractivity contribution in [3.05, 3.63) is 59.7 Å². The Balaban J connectivity index is 0.000000200. The van der Waals surface area contributed by atoms with E-state index in [2.05, 4.69) is 0 Å². The molecule has 20 heavy (non-hydrogen) atoms. The van der Waals surface area contributed by atoms with E-state index in [0.29, 0.717) is 9.79 Å². The van der Waals surface area contributed by atoms with Crippen molar-refractivity contribution < 1.29 is 8.42 Å². The summed E-state index contributed by atoms with van der Waals surface area (Å²) in [4.78, 5) is 1.34. The molecule has 0 saturated heterocycles. The third-order valence-corrected chi connectivity index (χ3v) is 3.98. The second-order valence-corrected chi connectivity index (χ2v) is 6.35. The van der Waals surface area contributed by atoms with Crippen LogP contribution < -0.4 is 10.3 Å². The quantitative estimate of drug-likeness (QED) is 0.888. The van der Waals surface area contributed by atoms with Gasteiger partial charge < -0.3 is 0 Å². The van der Waals surface area contributed by atoms with Gasteiger partial charge in [0.1, 0.15) is 22.0 Å². The fourth-order valence-corrected chi connectivity index (χ4v) is 2.15. The van der Waals surface area contributed by atoms with Gasteiger partial charge in [0, 0.05) is 0 Å². The average Bonchev–Trinajstić information content (AvgIpc) is 2.40. The molecule has 0 heterocycles. The number of rotatable bonds is 2. The summed E-state index contributed by atoms with van der Waals surface area (Å²) in [6, 6.07) is 14.6. The SMILES string of the molecule is Cc1ccc([S@@](N)=O)cc1.Cc1ccc([S@@](N)=O)cc1. The summed E-state index contributed by atoms with van der Waals surface area (Å²) in [7, 11) is -2.67. The third-order valence-electron chi connectivity index (χ3n) is 2.51. The van der Waals surface area contributed by atoms with Crippen LogP contribution >= 0.6 is 0 Å². The first-order valence-electron chi connectivity index (χ1n) is 5.86. The van der Waals surface area contributed by atoms with Crippen molar-refractivity contribution in [3.63, 3.8) is 0 Å². The normalized spacial score (nSPS) is 13.0. The Morgan fingerprint density at radius 2 is 0.900 bits per heavy atom. The summed E-state index contributed by atoms with van der Waals surface area (Å²) >= 11 is 0. The standard InChI is InChI=1S/2C7H9NOS/c2*1-6-2-4-7(5-3-6)10(8)9/h2*2-5H,8H2,1H3/t2*10-/m00/s1. The molecule has 0 aliphatic rings. The number of aryl methyl sites for hydroxylation is 2. The molecular formula is C14H18N2O2S2. The minimum Gasteiger partial charge on any atom is -0.248 e. The predicted molar refractivity (Wildman–Crippen MR) is 83.5 cm³/mol. The van der Waals surface area contributed by atoms with E-state index < -0.39 is 22.0 Å². The molecule has 0 aliphatic heterocycles. The molecule has 2 aromatic rings. The van der Waals surface area contributed by atoms with Gasteiger partial charge in [-0.3, -0.25) is 0 Å². The summed E-state index contributed by atoms with van der Waals surface area (Å²) in [5.41, 5.74) is 2.29. The van der Waals surface area contributed by atoms with E-state index in [0.717, 1.165) is 11.1 Å². The first-order chi connectivity index (χ1) is 9.40. The van der Waals surface area contributed by atoms with Crippen LogP contribution in [0.1, 0.15) is 11.1 Å². The second kappa shape index (κ2) is 8.06. The summed E-state index contributed by atoms with van der Waals surface area (Å²) in [6.45, 7) is 3.95. The molecule has 0 amide bonds. The maximum absolute atomic E-state index is 10.6. The van der Waals surface area contributed by atoms with Crippen molar-refractivity contribution in [1.82, 2.24) is 0 Å². The van der Waals surface area contributed by atoms with E-state index in [1.807, 2.05) is 38.1 Å². The molecule has 0 bridgehead atoms. The van der Waals surface area contributed by atoms with Crippen molar-refractivity contribution in [1.29, 1.82) is 0 Å². The minimum absolute atomic E-state index is 0.672. The molecule has 0 spiro atoms. The summed E-state index contributed by atoms with van der Waals surface area (Å²) < 4.78 is 21.3. The maximum atomic E-state index is 10.6. The van der Waals surface area contributed by atoms with Gasteiger partial charge in [0.05, 0.1) is 9.79 Å². The molecule has 0 unspecified atom stereocenters. The van der Waals surface area contributed by atoms with Gasteiger partial charge in [-0.05, 0) is 38.1 Å². The van der Waals surface area contributed by atoms with Crippen molar-refractivity contribution in [2.45, 2.75) is 23.6 Å². The highest BCUT2D eigenvalue weighted by Gasteiger charge is 1.94. The van der Waals surface area contributed by atoms with Gasteiger partial charge >= 0.3 is 0 Å². The van der Waals surface area contributed by atoms with Gasteiger partial charge in [0.25, 0.3) is 0 Å². The molecule has 0 radical (unpaired) electrons. The first kappa shape index (κ1) is 16.7. The Morgan fingerprint density at radius 3 is 1.10 bits per heavy atom. The van der Waals surface area contributed by atoms with E-state index in [1.165, 1.54) is 0 Å². The fraction of sp³-hybridized carbons (Fsp3) is 0.143. The molecule has 0 fully saturated rings. The highest BCUT2D eigenvalue weighted by atomic mass is 32.2. The van der Waals surface area contributed by atoms with E-state index in [4.69, 9.17) is 10.3 Å². The van der Waals surface area contributed by atoms with Crippen LogP contribution in [-0.4, -0.2) is 8.42 Å². The van der Waals surface area contributed by atoms with Gasteiger partial charge in [-0.1, -0.05) is 35.4 Å². The van der Waals surface area contributed by atoms with Gasteiger partial charge in [0.15, 0.2) is 0 Å². The van der Waals surface area contributed by atoms with Crippen LogP contribution in [0, 0.1) is 13.8 Å². The zero-order chi connectivity index (χ0) is 15.1. The first-order valence-corrected chi connectivity index (χ1v) is 8.28. The lowest BCUT2D eigenvalue weighted by Crippen LogP contribution is -2.01. The van der Waals surface area contributed by atoms with Gasteiger partial charge in [-0.25, -0.2) is 18.7 Å². The largest absolute Gasteiger partial charge is 0.248 e. The Bertz CT molecular complexity index is 540. The monoisotopic (exact) mass is 310 g/mol. The molecule has 2 rings (SSSR count). The van der Waals surface area contributed by atoms with Crippen LogP contribution in [0.25, 0.3) is 0 Å². The van der Waals surface area contributed by atoms with E-state index >= 15 is 0 Å². The van der Waals surface area contributed by atoms with Gasteiger partial charge in [-0.2, -0.15) is 0 Å². The molecule has 108 valence electrons. The molecule has 0 saturated carbocycles. The maximum Gasteiger partial charge on any atom is 0.122 e. The van der Waals surface area contributed by atoms with Crippen LogP contribution in [0.2, 0.25) is 0 Å². The third kappa shape index (κ3) is 5.75. The molecule has 4 nitrogen and oxygen atoms in total. The molecule has 0 aliphatic carbocycles. The lowest BCUT2D eigenvalue weighted by Gasteiger charge is -1.94. The van der Waals surface area contributed by atoms with Crippen molar-refractivity contribution in [3.8, 4) is 0 Å². The Kier molecular flexibility index (Phi) is 6.74. The Hall–Kier alpha value is -1.34. The van der Waals surface area contributed by atoms with Crippen LogP contribution in [-0.2, 0) is 22.0 Å². The topological polar surface area (TPSA) is 86.2 Å². The lowest BCUT2D eigenvalue weighted by atomic mass is 10.2. The zero-order valence-electron chi connectivity index (χ0n) is 11.4. The number of hydrogen-bond donors (Lipinski definition) is 2. The minimum atomic E-state index is -1.34. The molecule has 0 aromatic heterocycles. The Labute approximate surface area is 124 Å². The number of hydrogen-bond acceptors (Lipinski definition) is 2. The molecule has 6 heteroatoms. The van der Waals surface area contributed by atoms with Crippen molar-refractivity contribution >= 4 is 22.0 Å². The highest BCUT2D eigenvalue weighted by molar-refractivity contribution is 7.83. The number of nitrogens with two attached hydrogens (primary N) is 2. The molecule has 2 aromatic carbocycles. The van der Waals surface area contributed by atoms with Crippen LogP contribution in [0.3, 0.4) is 0 Å². The predicted octanol–water partition coefficient (Wildman–Crippen LogP) is 1.95. The van der Waals surface area contributed by atoms with Gasteiger partial charge in [0.2, 0.25) is 0 Å². The van der Waals surface area contributed by atoms with Gasteiger partial charge in [-0.15, -0.1) is 0 Å². The van der Waals surface area contributed by atoms with Crippen LogP contribution in [0.15, 0.2) is 58.3 Å². The number of benzene rings is 2. The molecular weight excluding hydrogens is 292 g/mol. The molecule has 4 N–H and O–H groups in total. The van der Waals surface area contributed by atoms with Crippen molar-refractivity contribution in [2.24, 2.45) is 10.3 Å². The highest BCUT2D eigenvalue weighted by Crippen LogP contribution is 2.04.